The summed E-state index contributed by atoms with van der Waals surface area (Å²) in [5.41, 5.74) is -0.488. The van der Waals surface area contributed by atoms with Crippen molar-refractivity contribution < 1.29 is 9.90 Å². The molecule has 0 radical (unpaired) electrons. The second-order valence-corrected chi connectivity index (χ2v) is 11.4. The van der Waals surface area contributed by atoms with Gasteiger partial charge in [-0.25, -0.2) is 4.98 Å². The van der Waals surface area contributed by atoms with Crippen LogP contribution in [0.3, 0.4) is 0 Å². The van der Waals surface area contributed by atoms with Gasteiger partial charge in [0, 0.05) is 36.8 Å². The van der Waals surface area contributed by atoms with Gasteiger partial charge in [0.1, 0.15) is 5.56 Å². The highest BCUT2D eigenvalue weighted by Gasteiger charge is 2.30. The van der Waals surface area contributed by atoms with Gasteiger partial charge in [-0.1, -0.05) is 55.8 Å². The van der Waals surface area contributed by atoms with Gasteiger partial charge in [0.25, 0.3) is 11.1 Å². The molecule has 0 bridgehead atoms. The third-order valence-corrected chi connectivity index (χ3v) is 8.92. The molecule has 0 saturated carbocycles. The lowest BCUT2D eigenvalue weighted by Crippen LogP contribution is -2.41. The number of carbonyl (C=O) groups is 1. The fraction of sp³-hybridized carbons (Fsp3) is 0.333. The number of fused-ring (bicyclic) bond motifs is 1. The molecule has 202 valence electrons. The fourth-order valence-electron chi connectivity index (χ4n) is 4.65. The molecular formula is C27H27ClN6O4S. The molecule has 4 heterocycles. The molecule has 0 spiro atoms. The zero-order chi connectivity index (χ0) is 27.7. The maximum atomic E-state index is 13.1. The van der Waals surface area contributed by atoms with Crippen molar-refractivity contribution in [3.8, 4) is 5.88 Å². The van der Waals surface area contributed by atoms with Gasteiger partial charge in [0.15, 0.2) is 17.2 Å². The molecule has 1 aliphatic rings. The van der Waals surface area contributed by atoms with E-state index in [-0.39, 0.29) is 17.6 Å². The quantitative estimate of drug-likeness (QED) is 0.317. The SMILES string of the molecule is CCC1(C)CCN(c2ncc(Sc3cccc(CC(=O)c4c(O)nc5cnccn5c4=O)c3Cl)[nH]c2=O)CC1. The number of nitrogens with zero attached hydrogens (tertiary/aromatic N) is 5. The Kier molecular flexibility index (Phi) is 7.46. The third-order valence-electron chi connectivity index (χ3n) is 7.38. The average Bonchev–Trinajstić information content (AvgIpc) is 2.92. The molecule has 1 saturated heterocycles. The summed E-state index contributed by atoms with van der Waals surface area (Å²) in [4.78, 5) is 56.5. The van der Waals surface area contributed by atoms with E-state index in [1.54, 1.807) is 24.4 Å². The third kappa shape index (κ3) is 5.41. The minimum absolute atomic E-state index is 0.126. The molecule has 1 aliphatic heterocycles. The molecule has 1 aromatic carbocycles. The summed E-state index contributed by atoms with van der Waals surface area (Å²) in [5, 5.41) is 11.1. The van der Waals surface area contributed by atoms with Crippen LogP contribution >= 0.6 is 23.4 Å². The Morgan fingerprint density at radius 2 is 2.00 bits per heavy atom. The predicted octanol–water partition coefficient (Wildman–Crippen LogP) is 4.12. The number of aromatic amines is 1. The Bertz CT molecular complexity index is 1680. The number of hydrogen-bond donors (Lipinski definition) is 2. The summed E-state index contributed by atoms with van der Waals surface area (Å²) in [6, 6.07) is 5.16. The molecule has 1 fully saturated rings. The van der Waals surface area contributed by atoms with E-state index in [9.17, 15) is 19.5 Å². The first-order valence-corrected chi connectivity index (χ1v) is 13.8. The number of benzene rings is 1. The maximum absolute atomic E-state index is 13.1. The summed E-state index contributed by atoms with van der Waals surface area (Å²) in [6.07, 6.45) is 8.59. The number of rotatable bonds is 7. The van der Waals surface area contributed by atoms with Gasteiger partial charge in [-0.3, -0.25) is 23.8 Å². The normalized spacial score (nSPS) is 15.0. The van der Waals surface area contributed by atoms with Crippen molar-refractivity contribution in [2.24, 2.45) is 5.41 Å². The molecule has 12 heteroatoms. The Hall–Kier alpha value is -3.70. The highest BCUT2D eigenvalue weighted by molar-refractivity contribution is 7.99. The molecule has 0 atom stereocenters. The molecule has 0 amide bonds. The van der Waals surface area contributed by atoms with Crippen molar-refractivity contribution >= 4 is 40.6 Å². The molecule has 39 heavy (non-hydrogen) atoms. The average molecular weight is 567 g/mol. The van der Waals surface area contributed by atoms with Crippen LogP contribution in [-0.2, 0) is 6.42 Å². The van der Waals surface area contributed by atoms with Crippen molar-refractivity contribution in [3.63, 3.8) is 0 Å². The number of H-pyrrole nitrogens is 1. The zero-order valence-electron chi connectivity index (χ0n) is 21.5. The number of nitrogens with one attached hydrogen (secondary N) is 1. The molecule has 10 nitrogen and oxygen atoms in total. The van der Waals surface area contributed by atoms with Gasteiger partial charge in [-0.2, -0.15) is 4.98 Å². The van der Waals surface area contributed by atoms with Crippen molar-refractivity contribution in [3.05, 3.63) is 79.8 Å². The van der Waals surface area contributed by atoms with Crippen molar-refractivity contribution in [1.82, 2.24) is 24.3 Å². The van der Waals surface area contributed by atoms with Crippen LogP contribution in [0.5, 0.6) is 5.88 Å². The molecule has 0 aliphatic carbocycles. The molecule has 2 N–H and O–H groups in total. The number of aromatic hydroxyl groups is 1. The second-order valence-electron chi connectivity index (χ2n) is 9.90. The minimum atomic E-state index is -0.691. The Balaban J connectivity index is 1.34. The lowest BCUT2D eigenvalue weighted by Gasteiger charge is -2.39. The Morgan fingerprint density at radius 1 is 1.23 bits per heavy atom. The lowest BCUT2D eigenvalue weighted by molar-refractivity contribution is 0.0988. The molecule has 3 aromatic heterocycles. The number of anilines is 1. The summed E-state index contributed by atoms with van der Waals surface area (Å²) in [7, 11) is 0. The molecule has 4 aromatic rings. The van der Waals surface area contributed by atoms with Gasteiger partial charge in [-0.05, 0) is 29.9 Å². The number of carbonyl (C=O) groups excluding carboxylic acids is 1. The van der Waals surface area contributed by atoms with Crippen LogP contribution in [0, 0.1) is 5.41 Å². The van der Waals surface area contributed by atoms with Gasteiger partial charge >= 0.3 is 0 Å². The minimum Gasteiger partial charge on any atom is -0.493 e. The van der Waals surface area contributed by atoms with Gasteiger partial charge < -0.3 is 15.0 Å². The number of Topliss-reactive ketones (excluding diaryl/α,β-unsaturated/α-hetero) is 1. The number of halogens is 1. The number of hydrogen-bond acceptors (Lipinski definition) is 9. The monoisotopic (exact) mass is 566 g/mol. The largest absolute Gasteiger partial charge is 0.493 e. The van der Waals surface area contributed by atoms with Gasteiger partial charge in [0.05, 0.1) is 22.4 Å². The maximum Gasteiger partial charge on any atom is 0.291 e. The molecular weight excluding hydrogens is 540 g/mol. The predicted molar refractivity (Wildman–Crippen MR) is 149 cm³/mol. The summed E-state index contributed by atoms with van der Waals surface area (Å²) in [6.45, 7) is 6.06. The topological polar surface area (TPSA) is 134 Å². The van der Waals surface area contributed by atoms with E-state index < -0.39 is 22.8 Å². The first-order chi connectivity index (χ1) is 18.7. The number of aromatic nitrogens is 5. The highest BCUT2D eigenvalue weighted by Crippen LogP contribution is 2.36. The fourth-order valence-corrected chi connectivity index (χ4v) is 5.81. The van der Waals surface area contributed by atoms with E-state index in [0.29, 0.717) is 31.7 Å². The van der Waals surface area contributed by atoms with E-state index in [1.807, 2.05) is 4.90 Å². The van der Waals surface area contributed by atoms with E-state index in [1.165, 1.54) is 30.4 Å². The molecule has 0 unspecified atom stereocenters. The summed E-state index contributed by atoms with van der Waals surface area (Å²) < 4.78 is 1.15. The summed E-state index contributed by atoms with van der Waals surface area (Å²) in [5.74, 6) is -0.870. The van der Waals surface area contributed by atoms with Crippen LogP contribution in [-0.4, -0.2) is 48.3 Å². The summed E-state index contributed by atoms with van der Waals surface area (Å²) >= 11 is 7.85. The van der Waals surface area contributed by atoms with Crippen LogP contribution < -0.4 is 16.0 Å². The molecule has 5 rings (SSSR count). The smallest absolute Gasteiger partial charge is 0.291 e. The van der Waals surface area contributed by atoms with E-state index in [2.05, 4.69) is 33.8 Å². The van der Waals surface area contributed by atoms with E-state index in [0.717, 1.165) is 36.8 Å². The first kappa shape index (κ1) is 26.9. The van der Waals surface area contributed by atoms with Crippen LogP contribution in [0.15, 0.2) is 62.5 Å². The second kappa shape index (κ2) is 10.8. The number of ketones is 1. The van der Waals surface area contributed by atoms with Crippen molar-refractivity contribution in [1.29, 1.82) is 0 Å². The zero-order valence-corrected chi connectivity index (χ0v) is 23.1. The standard InChI is InChI=1S/C27H27ClN6O4S/c1-3-27(2)7-10-33(11-8-27)23-25(37)32-20(15-30-23)39-18-6-4-5-16(22(18)28)13-17(35)21-24(36)31-19-14-29-9-12-34(19)26(21)38/h4-6,9,12,14-15,36H,3,7-8,10-11,13H2,1-2H3,(H,32,37). The van der Waals surface area contributed by atoms with E-state index in [4.69, 9.17) is 11.6 Å². The van der Waals surface area contributed by atoms with Crippen LogP contribution in [0.4, 0.5) is 5.82 Å². The van der Waals surface area contributed by atoms with Crippen molar-refractivity contribution in [2.75, 3.05) is 18.0 Å². The van der Waals surface area contributed by atoms with E-state index >= 15 is 0 Å². The highest BCUT2D eigenvalue weighted by atomic mass is 35.5. The van der Waals surface area contributed by atoms with Crippen LogP contribution in [0.2, 0.25) is 5.02 Å². The van der Waals surface area contributed by atoms with Crippen LogP contribution in [0.25, 0.3) is 5.65 Å². The van der Waals surface area contributed by atoms with Crippen molar-refractivity contribution in [2.45, 2.75) is 49.5 Å². The number of piperidine rings is 1. The lowest BCUT2D eigenvalue weighted by atomic mass is 9.78. The first-order valence-electron chi connectivity index (χ1n) is 12.6. The van der Waals surface area contributed by atoms with Crippen LogP contribution in [0.1, 0.15) is 49.0 Å². The Labute approximate surface area is 233 Å². The Morgan fingerprint density at radius 3 is 2.72 bits per heavy atom. The van der Waals surface area contributed by atoms with Gasteiger partial charge in [-0.15, -0.1) is 0 Å². The van der Waals surface area contributed by atoms with Gasteiger partial charge in [0.2, 0.25) is 5.88 Å².